The van der Waals surface area contributed by atoms with Crippen molar-refractivity contribution in [1.82, 2.24) is 0 Å². The molecule has 0 unspecified atom stereocenters. The lowest BCUT2D eigenvalue weighted by Gasteiger charge is -2.11. The van der Waals surface area contributed by atoms with Gasteiger partial charge >= 0.3 is 0 Å². The molecule has 0 amide bonds. The van der Waals surface area contributed by atoms with Crippen molar-refractivity contribution in [3.63, 3.8) is 0 Å². The zero-order valence-electron chi connectivity index (χ0n) is 7.16. The van der Waals surface area contributed by atoms with Crippen molar-refractivity contribution in [2.45, 2.75) is 12.8 Å². The van der Waals surface area contributed by atoms with E-state index < -0.39 is 0 Å². The predicted octanol–water partition coefficient (Wildman–Crippen LogP) is 2.48. The summed E-state index contributed by atoms with van der Waals surface area (Å²) in [6.07, 6.45) is 6.02. The molecule has 0 atom stereocenters. The molecule has 0 aromatic heterocycles. The summed E-state index contributed by atoms with van der Waals surface area (Å²) in [5, 5.41) is 16.8. The van der Waals surface area contributed by atoms with Crippen molar-refractivity contribution in [2.24, 2.45) is 0 Å². The molecule has 0 aromatic carbocycles. The molecule has 0 aliphatic heterocycles. The molecule has 0 aliphatic rings. The Hall–Kier alpha value is -0.850. The molecule has 0 rings (SSSR count). The summed E-state index contributed by atoms with van der Waals surface area (Å²) < 4.78 is 0. The van der Waals surface area contributed by atoms with Gasteiger partial charge in [-0.15, -0.1) is 14.5 Å². The van der Waals surface area contributed by atoms with E-state index in [2.05, 4.69) is 18.7 Å². The average molecular weight is 180 g/mol. The molecule has 0 heterocycles. The van der Waals surface area contributed by atoms with E-state index in [4.69, 9.17) is 10.5 Å². The fourth-order valence-electron chi connectivity index (χ4n) is 0.893. The van der Waals surface area contributed by atoms with Crippen LogP contribution < -0.4 is 0 Å². The van der Waals surface area contributed by atoms with Gasteiger partial charge in [-0.1, -0.05) is 6.08 Å². The summed E-state index contributed by atoms with van der Waals surface area (Å²) in [4.78, 5) is 0. The first-order valence-corrected chi connectivity index (χ1v) is 5.82. The first-order valence-electron chi connectivity index (χ1n) is 3.92. The van der Waals surface area contributed by atoms with E-state index in [0.29, 0.717) is 12.8 Å². The largest absolute Gasteiger partial charge is 0.198 e. The van der Waals surface area contributed by atoms with Crippen LogP contribution in [-0.2, 0) is 0 Å². The Kier molecular flexibility index (Phi) is 7.66. The Morgan fingerprint density at radius 2 is 1.67 bits per heavy atom. The van der Waals surface area contributed by atoms with E-state index in [9.17, 15) is 0 Å². The van der Waals surface area contributed by atoms with Crippen LogP contribution in [0.5, 0.6) is 0 Å². The van der Waals surface area contributed by atoms with E-state index in [-0.39, 0.29) is 7.92 Å². The van der Waals surface area contributed by atoms with E-state index in [1.165, 1.54) is 0 Å². The predicted molar refractivity (Wildman–Crippen MR) is 52.2 cm³/mol. The second-order valence-corrected chi connectivity index (χ2v) is 5.01. The molecule has 0 spiro atoms. The van der Waals surface area contributed by atoms with Crippen molar-refractivity contribution in [3.8, 4) is 12.1 Å². The summed E-state index contributed by atoms with van der Waals surface area (Å²) in [6.45, 7) is 3.67. The molecule has 0 radical (unpaired) electrons. The Labute approximate surface area is 75.3 Å². The third kappa shape index (κ3) is 5.90. The average Bonchev–Trinajstić information content (AvgIpc) is 2.10. The third-order valence-electron chi connectivity index (χ3n) is 1.47. The minimum Gasteiger partial charge on any atom is -0.198 e. The Balaban J connectivity index is 3.64. The van der Waals surface area contributed by atoms with Gasteiger partial charge in [0, 0.05) is 12.8 Å². The van der Waals surface area contributed by atoms with Crippen LogP contribution in [0.25, 0.3) is 0 Å². The highest BCUT2D eigenvalue weighted by Crippen LogP contribution is 2.36. The van der Waals surface area contributed by atoms with E-state index in [1.54, 1.807) is 0 Å². The van der Waals surface area contributed by atoms with Crippen LogP contribution in [0.4, 0.5) is 0 Å². The maximum absolute atomic E-state index is 8.38. The SMILES string of the molecule is C=CCP(CCC#N)CCC#N. The Morgan fingerprint density at radius 1 is 1.17 bits per heavy atom. The second-order valence-electron chi connectivity index (χ2n) is 2.41. The van der Waals surface area contributed by atoms with Gasteiger partial charge in [-0.3, -0.25) is 0 Å². The van der Waals surface area contributed by atoms with Gasteiger partial charge < -0.3 is 0 Å². The molecule has 0 fully saturated rings. The van der Waals surface area contributed by atoms with E-state index in [0.717, 1.165) is 18.5 Å². The molecular weight excluding hydrogens is 167 g/mol. The molecule has 0 aliphatic carbocycles. The van der Waals surface area contributed by atoms with Crippen molar-refractivity contribution >= 4 is 7.92 Å². The molecule has 0 saturated heterocycles. The second kappa shape index (κ2) is 8.25. The fourth-order valence-corrected chi connectivity index (χ4v) is 2.68. The van der Waals surface area contributed by atoms with Crippen LogP contribution in [0.2, 0.25) is 0 Å². The standard InChI is InChI=1S/C9H13N2P/c1-2-7-12(8-3-5-10)9-4-6-11/h2H,1,3-4,7-9H2. The maximum atomic E-state index is 8.38. The highest BCUT2D eigenvalue weighted by Gasteiger charge is 2.04. The lowest BCUT2D eigenvalue weighted by atomic mass is 10.5. The van der Waals surface area contributed by atoms with Gasteiger partial charge in [0.1, 0.15) is 0 Å². The summed E-state index contributed by atoms with van der Waals surface area (Å²) >= 11 is 0. The van der Waals surface area contributed by atoms with Crippen LogP contribution >= 0.6 is 7.92 Å². The Bertz CT molecular complexity index is 182. The van der Waals surface area contributed by atoms with Crippen molar-refractivity contribution in [2.75, 3.05) is 18.5 Å². The van der Waals surface area contributed by atoms with E-state index in [1.807, 2.05) is 6.08 Å². The van der Waals surface area contributed by atoms with Crippen molar-refractivity contribution in [3.05, 3.63) is 12.7 Å². The van der Waals surface area contributed by atoms with Gasteiger partial charge in [0.2, 0.25) is 0 Å². The van der Waals surface area contributed by atoms with Gasteiger partial charge in [0.25, 0.3) is 0 Å². The Morgan fingerprint density at radius 3 is 2.00 bits per heavy atom. The highest BCUT2D eigenvalue weighted by atomic mass is 31.1. The third-order valence-corrected chi connectivity index (χ3v) is 3.95. The molecule has 0 aromatic rings. The normalized spacial score (nSPS) is 8.92. The summed E-state index contributed by atoms with van der Waals surface area (Å²) in [5.41, 5.74) is 0. The molecule has 12 heavy (non-hydrogen) atoms. The summed E-state index contributed by atoms with van der Waals surface area (Å²) in [5.74, 6) is 0. The molecule has 2 nitrogen and oxygen atoms in total. The zero-order chi connectivity index (χ0) is 9.23. The molecular formula is C9H13N2P. The first kappa shape index (κ1) is 11.2. The highest BCUT2D eigenvalue weighted by molar-refractivity contribution is 7.57. The minimum atomic E-state index is -0.136. The first-order chi connectivity index (χ1) is 5.85. The van der Waals surface area contributed by atoms with Gasteiger partial charge in [-0.05, 0) is 18.5 Å². The molecule has 0 bridgehead atoms. The maximum Gasteiger partial charge on any atom is 0.0625 e. The lowest BCUT2D eigenvalue weighted by molar-refractivity contribution is 1.17. The minimum absolute atomic E-state index is 0.136. The number of allylic oxidation sites excluding steroid dienone is 1. The van der Waals surface area contributed by atoms with Crippen LogP contribution in [0.1, 0.15) is 12.8 Å². The molecule has 0 saturated carbocycles. The lowest BCUT2D eigenvalue weighted by Crippen LogP contribution is -1.92. The molecule has 3 heteroatoms. The van der Waals surface area contributed by atoms with E-state index >= 15 is 0 Å². The monoisotopic (exact) mass is 180 g/mol. The smallest absolute Gasteiger partial charge is 0.0625 e. The quantitative estimate of drug-likeness (QED) is 0.465. The molecule has 0 N–H and O–H groups in total. The zero-order valence-corrected chi connectivity index (χ0v) is 8.06. The van der Waals surface area contributed by atoms with Crippen LogP contribution in [0.3, 0.4) is 0 Å². The van der Waals surface area contributed by atoms with Gasteiger partial charge in [0.05, 0.1) is 12.1 Å². The summed E-state index contributed by atoms with van der Waals surface area (Å²) in [7, 11) is -0.136. The number of nitrogens with zero attached hydrogens (tertiary/aromatic N) is 2. The summed E-state index contributed by atoms with van der Waals surface area (Å²) in [6, 6.07) is 4.26. The van der Waals surface area contributed by atoms with Gasteiger partial charge in [-0.2, -0.15) is 10.5 Å². The molecule has 64 valence electrons. The van der Waals surface area contributed by atoms with Crippen molar-refractivity contribution in [1.29, 1.82) is 10.5 Å². The van der Waals surface area contributed by atoms with Crippen LogP contribution in [0, 0.1) is 22.7 Å². The number of hydrogen-bond donors (Lipinski definition) is 0. The number of nitriles is 2. The number of hydrogen-bond acceptors (Lipinski definition) is 2. The van der Waals surface area contributed by atoms with Crippen molar-refractivity contribution < 1.29 is 0 Å². The van der Waals surface area contributed by atoms with Gasteiger partial charge in [0.15, 0.2) is 0 Å². The van der Waals surface area contributed by atoms with Crippen LogP contribution in [0.15, 0.2) is 12.7 Å². The topological polar surface area (TPSA) is 47.6 Å². The van der Waals surface area contributed by atoms with Crippen LogP contribution in [-0.4, -0.2) is 18.5 Å². The number of rotatable bonds is 6. The van der Waals surface area contributed by atoms with Gasteiger partial charge in [-0.25, -0.2) is 0 Å². The fraction of sp³-hybridized carbons (Fsp3) is 0.556.